The van der Waals surface area contributed by atoms with Gasteiger partial charge in [0.25, 0.3) is 0 Å². The van der Waals surface area contributed by atoms with E-state index in [1.165, 1.54) is 0 Å². The maximum absolute atomic E-state index is 11.4. The number of hydrogen-bond acceptors (Lipinski definition) is 2. The minimum absolute atomic E-state index is 0.246. The Morgan fingerprint density at radius 2 is 2.29 bits per heavy atom. The predicted molar refractivity (Wildman–Crippen MR) is 67.9 cm³/mol. The summed E-state index contributed by atoms with van der Waals surface area (Å²) in [6, 6.07) is 7.37. The largest absolute Gasteiger partial charge is 0.462 e. The Balaban J connectivity index is 2.52. The molecule has 0 bridgehead atoms. The number of carbonyl (C=O) groups is 1. The van der Waals surface area contributed by atoms with Gasteiger partial charge in [-0.3, -0.25) is 0 Å². The lowest BCUT2D eigenvalue weighted by atomic mass is 10.2. The molecular formula is C10H10BrIO2. The quantitative estimate of drug-likeness (QED) is 0.353. The Morgan fingerprint density at radius 1 is 1.50 bits per heavy atom. The van der Waals surface area contributed by atoms with Gasteiger partial charge < -0.3 is 4.74 Å². The Hall–Kier alpha value is -0.100. The lowest BCUT2D eigenvalue weighted by molar-refractivity contribution is 0.0506. The van der Waals surface area contributed by atoms with Crippen LogP contribution in [0.5, 0.6) is 0 Å². The molecule has 0 radical (unpaired) electrons. The molecule has 14 heavy (non-hydrogen) atoms. The van der Waals surface area contributed by atoms with Crippen LogP contribution in [0, 0.1) is 3.57 Å². The zero-order chi connectivity index (χ0) is 10.4. The monoisotopic (exact) mass is 368 g/mol. The summed E-state index contributed by atoms with van der Waals surface area (Å²) in [5, 5.41) is 0.854. The molecule has 0 fully saturated rings. The van der Waals surface area contributed by atoms with Gasteiger partial charge >= 0.3 is 5.97 Å². The van der Waals surface area contributed by atoms with Gasteiger partial charge in [-0.25, -0.2) is 4.79 Å². The average molecular weight is 369 g/mol. The SMILES string of the molecule is O=C(OCCCBr)c1cccc(I)c1. The van der Waals surface area contributed by atoms with Gasteiger partial charge in [-0.2, -0.15) is 0 Å². The second kappa shape index (κ2) is 6.40. The highest BCUT2D eigenvalue weighted by Gasteiger charge is 2.06. The number of carbonyl (C=O) groups excluding carboxylic acids is 1. The summed E-state index contributed by atoms with van der Waals surface area (Å²) in [7, 11) is 0. The summed E-state index contributed by atoms with van der Waals surface area (Å²) in [5.41, 5.74) is 0.617. The number of halogens is 2. The minimum atomic E-state index is -0.246. The lowest BCUT2D eigenvalue weighted by Crippen LogP contribution is -2.06. The summed E-state index contributed by atoms with van der Waals surface area (Å²) in [6.07, 6.45) is 0.843. The van der Waals surface area contributed by atoms with Crippen LogP contribution in [0.1, 0.15) is 16.8 Å². The van der Waals surface area contributed by atoms with E-state index in [-0.39, 0.29) is 5.97 Å². The lowest BCUT2D eigenvalue weighted by Gasteiger charge is -2.03. The molecule has 0 unspecified atom stereocenters. The highest BCUT2D eigenvalue weighted by Crippen LogP contribution is 2.09. The molecule has 0 aromatic heterocycles. The van der Waals surface area contributed by atoms with Crippen molar-refractivity contribution in [1.29, 1.82) is 0 Å². The molecule has 0 aliphatic rings. The van der Waals surface area contributed by atoms with Gasteiger partial charge in [0, 0.05) is 8.90 Å². The molecule has 0 N–H and O–H groups in total. The van der Waals surface area contributed by atoms with E-state index in [0.29, 0.717) is 12.2 Å². The second-order valence-corrected chi connectivity index (χ2v) is 4.73. The van der Waals surface area contributed by atoms with Crippen molar-refractivity contribution in [2.24, 2.45) is 0 Å². The molecule has 0 saturated heterocycles. The maximum atomic E-state index is 11.4. The first-order valence-corrected chi connectivity index (χ1v) is 6.42. The first-order chi connectivity index (χ1) is 6.74. The Kier molecular flexibility index (Phi) is 5.47. The Morgan fingerprint density at radius 3 is 2.93 bits per heavy atom. The number of rotatable bonds is 4. The molecule has 76 valence electrons. The molecule has 0 aliphatic carbocycles. The van der Waals surface area contributed by atoms with Crippen LogP contribution in [0.4, 0.5) is 0 Å². The van der Waals surface area contributed by atoms with E-state index in [1.54, 1.807) is 6.07 Å². The van der Waals surface area contributed by atoms with E-state index in [0.717, 1.165) is 15.3 Å². The fourth-order valence-electron chi connectivity index (χ4n) is 0.918. The summed E-state index contributed by atoms with van der Waals surface area (Å²) >= 11 is 5.44. The van der Waals surface area contributed by atoms with E-state index in [2.05, 4.69) is 38.5 Å². The fourth-order valence-corrected chi connectivity index (χ4v) is 1.69. The summed E-state index contributed by atoms with van der Waals surface area (Å²) in [6.45, 7) is 0.468. The molecular weight excluding hydrogens is 359 g/mol. The summed E-state index contributed by atoms with van der Waals surface area (Å²) < 4.78 is 6.09. The van der Waals surface area contributed by atoms with E-state index in [4.69, 9.17) is 4.74 Å². The number of esters is 1. The van der Waals surface area contributed by atoms with E-state index >= 15 is 0 Å². The smallest absolute Gasteiger partial charge is 0.338 e. The predicted octanol–water partition coefficient (Wildman–Crippen LogP) is 3.23. The van der Waals surface area contributed by atoms with Crippen molar-refractivity contribution in [3.8, 4) is 0 Å². The number of alkyl halides is 1. The van der Waals surface area contributed by atoms with Crippen molar-refractivity contribution in [1.82, 2.24) is 0 Å². The molecule has 0 spiro atoms. The zero-order valence-corrected chi connectivity index (χ0v) is 11.2. The van der Waals surface area contributed by atoms with Gasteiger partial charge in [-0.1, -0.05) is 22.0 Å². The second-order valence-electron chi connectivity index (χ2n) is 2.69. The molecule has 4 heteroatoms. The van der Waals surface area contributed by atoms with Crippen molar-refractivity contribution < 1.29 is 9.53 Å². The van der Waals surface area contributed by atoms with Crippen molar-refractivity contribution in [2.45, 2.75) is 6.42 Å². The van der Waals surface area contributed by atoms with E-state index in [1.807, 2.05) is 18.2 Å². The van der Waals surface area contributed by atoms with Gasteiger partial charge in [0.05, 0.1) is 12.2 Å². The minimum Gasteiger partial charge on any atom is -0.462 e. The van der Waals surface area contributed by atoms with Crippen LogP contribution >= 0.6 is 38.5 Å². The molecule has 1 aromatic carbocycles. The normalized spacial score (nSPS) is 9.86. The molecule has 2 nitrogen and oxygen atoms in total. The van der Waals surface area contributed by atoms with Crippen LogP contribution in [0.2, 0.25) is 0 Å². The summed E-state index contributed by atoms with van der Waals surface area (Å²) in [5.74, 6) is -0.246. The van der Waals surface area contributed by atoms with Gasteiger partial charge in [-0.05, 0) is 47.2 Å². The van der Waals surface area contributed by atoms with Gasteiger partial charge in [-0.15, -0.1) is 0 Å². The third kappa shape index (κ3) is 3.96. The van der Waals surface area contributed by atoms with E-state index in [9.17, 15) is 4.79 Å². The van der Waals surface area contributed by atoms with Crippen LogP contribution in [0.25, 0.3) is 0 Å². The van der Waals surface area contributed by atoms with Crippen molar-refractivity contribution in [3.63, 3.8) is 0 Å². The van der Waals surface area contributed by atoms with Crippen LogP contribution in [-0.2, 0) is 4.74 Å². The van der Waals surface area contributed by atoms with Crippen LogP contribution < -0.4 is 0 Å². The molecule has 0 heterocycles. The third-order valence-corrected chi connectivity index (χ3v) is 2.80. The highest BCUT2D eigenvalue weighted by atomic mass is 127. The molecule has 1 rings (SSSR count). The topological polar surface area (TPSA) is 26.3 Å². The van der Waals surface area contributed by atoms with Crippen molar-refractivity contribution >= 4 is 44.5 Å². The third-order valence-electron chi connectivity index (χ3n) is 1.57. The van der Waals surface area contributed by atoms with Crippen LogP contribution in [0.3, 0.4) is 0 Å². The van der Waals surface area contributed by atoms with Gasteiger partial charge in [0.1, 0.15) is 0 Å². The summed E-state index contributed by atoms with van der Waals surface area (Å²) in [4.78, 5) is 11.4. The fraction of sp³-hybridized carbons (Fsp3) is 0.300. The van der Waals surface area contributed by atoms with Gasteiger partial charge in [0.15, 0.2) is 0 Å². The molecule has 0 aliphatic heterocycles. The molecule has 1 aromatic rings. The first-order valence-electron chi connectivity index (χ1n) is 4.22. The maximum Gasteiger partial charge on any atom is 0.338 e. The van der Waals surface area contributed by atoms with Gasteiger partial charge in [0.2, 0.25) is 0 Å². The van der Waals surface area contributed by atoms with Crippen molar-refractivity contribution in [3.05, 3.63) is 33.4 Å². The molecule has 0 atom stereocenters. The standard InChI is InChI=1S/C10H10BrIO2/c11-5-2-6-14-10(13)8-3-1-4-9(12)7-8/h1,3-4,7H,2,5-6H2. The van der Waals surface area contributed by atoms with Crippen LogP contribution in [-0.4, -0.2) is 17.9 Å². The number of hydrogen-bond donors (Lipinski definition) is 0. The number of ether oxygens (including phenoxy) is 1. The Labute approximate surface area is 105 Å². The van der Waals surface area contributed by atoms with Crippen LogP contribution in [0.15, 0.2) is 24.3 Å². The van der Waals surface area contributed by atoms with Crippen molar-refractivity contribution in [2.75, 3.05) is 11.9 Å². The van der Waals surface area contributed by atoms with E-state index < -0.39 is 0 Å². The highest BCUT2D eigenvalue weighted by molar-refractivity contribution is 14.1. The Bertz CT molecular complexity index is 315. The number of benzene rings is 1. The first kappa shape index (κ1) is 12.0. The average Bonchev–Trinajstić information content (AvgIpc) is 2.18. The molecule has 0 saturated carbocycles. The zero-order valence-electron chi connectivity index (χ0n) is 7.50. The molecule has 0 amide bonds.